The molecule has 1 aromatic carbocycles. The minimum Gasteiger partial charge on any atom is -0.312 e. The van der Waals surface area contributed by atoms with Gasteiger partial charge in [0.2, 0.25) is 0 Å². The van der Waals surface area contributed by atoms with Crippen LogP contribution in [0.25, 0.3) is 0 Å². The van der Waals surface area contributed by atoms with Crippen molar-refractivity contribution in [1.82, 2.24) is 10.2 Å². The Labute approximate surface area is 124 Å². The van der Waals surface area contributed by atoms with Crippen molar-refractivity contribution in [3.05, 3.63) is 35.9 Å². The quantitative estimate of drug-likeness (QED) is 0.855. The fourth-order valence-electron chi connectivity index (χ4n) is 3.01. The Morgan fingerprint density at radius 2 is 1.75 bits per heavy atom. The predicted molar refractivity (Wildman–Crippen MR) is 87.2 cm³/mol. The minimum atomic E-state index is 0.192. The third-order valence-corrected chi connectivity index (χ3v) is 4.43. The number of piperidine rings is 1. The van der Waals surface area contributed by atoms with Gasteiger partial charge < -0.3 is 10.2 Å². The molecule has 1 fully saturated rings. The highest BCUT2D eigenvalue weighted by Crippen LogP contribution is 2.21. The van der Waals surface area contributed by atoms with Gasteiger partial charge in [0.1, 0.15) is 0 Å². The predicted octanol–water partition coefficient (Wildman–Crippen LogP) is 3.43. The maximum absolute atomic E-state index is 3.73. The summed E-state index contributed by atoms with van der Waals surface area (Å²) in [6, 6.07) is 11.4. The minimum absolute atomic E-state index is 0.192. The number of likely N-dealkylation sites (tertiary alicyclic amines) is 1. The van der Waals surface area contributed by atoms with Crippen LogP contribution in [0.4, 0.5) is 0 Å². The second-order valence-electron chi connectivity index (χ2n) is 6.89. The van der Waals surface area contributed by atoms with Crippen molar-refractivity contribution < 1.29 is 0 Å². The van der Waals surface area contributed by atoms with Gasteiger partial charge in [-0.2, -0.15) is 0 Å². The summed E-state index contributed by atoms with van der Waals surface area (Å²) in [5.74, 6) is 0. The van der Waals surface area contributed by atoms with Gasteiger partial charge in [-0.05, 0) is 38.4 Å². The molecular weight excluding hydrogens is 244 g/mol. The fraction of sp³-hybridized carbons (Fsp3) is 0.667. The molecule has 1 saturated heterocycles. The first-order chi connectivity index (χ1) is 9.58. The SMILES string of the molecule is CC(CN1CCCCC1)NCC(C)(C)c1ccccc1. The highest BCUT2D eigenvalue weighted by molar-refractivity contribution is 5.23. The van der Waals surface area contributed by atoms with E-state index in [1.54, 1.807) is 0 Å². The fourth-order valence-corrected chi connectivity index (χ4v) is 3.01. The molecule has 0 spiro atoms. The van der Waals surface area contributed by atoms with Crippen molar-refractivity contribution in [3.8, 4) is 0 Å². The zero-order chi connectivity index (χ0) is 14.4. The van der Waals surface area contributed by atoms with Crippen LogP contribution in [0, 0.1) is 0 Å². The smallest absolute Gasteiger partial charge is 0.0167 e. The van der Waals surface area contributed by atoms with Crippen molar-refractivity contribution in [2.45, 2.75) is 51.5 Å². The first-order valence-electron chi connectivity index (χ1n) is 8.09. The second kappa shape index (κ2) is 7.24. The standard InChI is InChI=1S/C18H30N2/c1-16(14-20-12-8-5-9-13-20)19-15-18(2,3)17-10-6-4-7-11-17/h4,6-7,10-11,16,19H,5,8-9,12-15H2,1-3H3. The van der Waals surface area contributed by atoms with Crippen LogP contribution < -0.4 is 5.32 Å². The van der Waals surface area contributed by atoms with Crippen molar-refractivity contribution in [1.29, 1.82) is 0 Å². The summed E-state index contributed by atoms with van der Waals surface area (Å²) < 4.78 is 0. The lowest BCUT2D eigenvalue weighted by atomic mass is 9.84. The summed E-state index contributed by atoms with van der Waals surface area (Å²) in [5, 5.41) is 3.73. The third-order valence-electron chi connectivity index (χ3n) is 4.43. The number of nitrogens with one attached hydrogen (secondary N) is 1. The highest BCUT2D eigenvalue weighted by atomic mass is 15.1. The summed E-state index contributed by atoms with van der Waals surface area (Å²) in [5.41, 5.74) is 1.61. The Hall–Kier alpha value is -0.860. The van der Waals surface area contributed by atoms with Gasteiger partial charge in [-0.1, -0.05) is 50.6 Å². The molecule has 0 radical (unpaired) electrons. The number of hydrogen-bond acceptors (Lipinski definition) is 2. The van der Waals surface area contributed by atoms with E-state index in [4.69, 9.17) is 0 Å². The molecule has 112 valence electrons. The number of benzene rings is 1. The maximum atomic E-state index is 3.73. The average Bonchev–Trinajstić information content (AvgIpc) is 2.47. The molecular formula is C18H30N2. The van der Waals surface area contributed by atoms with Crippen LogP contribution in [-0.2, 0) is 5.41 Å². The molecule has 2 heteroatoms. The van der Waals surface area contributed by atoms with E-state index in [1.807, 2.05) is 0 Å². The Morgan fingerprint density at radius 3 is 2.40 bits per heavy atom. The molecule has 0 bridgehead atoms. The summed E-state index contributed by atoms with van der Waals surface area (Å²) >= 11 is 0. The molecule has 1 heterocycles. The van der Waals surface area contributed by atoms with Crippen molar-refractivity contribution in [2.24, 2.45) is 0 Å². The highest BCUT2D eigenvalue weighted by Gasteiger charge is 2.21. The van der Waals surface area contributed by atoms with Gasteiger partial charge >= 0.3 is 0 Å². The summed E-state index contributed by atoms with van der Waals surface area (Å²) in [7, 11) is 0. The summed E-state index contributed by atoms with van der Waals surface area (Å²) in [4.78, 5) is 2.61. The number of nitrogens with zero attached hydrogens (tertiary/aromatic N) is 1. The van der Waals surface area contributed by atoms with Gasteiger partial charge in [-0.25, -0.2) is 0 Å². The largest absolute Gasteiger partial charge is 0.312 e. The van der Waals surface area contributed by atoms with Crippen LogP contribution in [0.15, 0.2) is 30.3 Å². The number of rotatable bonds is 6. The Bertz CT molecular complexity index is 380. The van der Waals surface area contributed by atoms with Crippen LogP contribution in [0.5, 0.6) is 0 Å². The van der Waals surface area contributed by atoms with E-state index in [1.165, 1.54) is 44.5 Å². The van der Waals surface area contributed by atoms with E-state index in [2.05, 4.69) is 61.3 Å². The lowest BCUT2D eigenvalue weighted by Crippen LogP contribution is -2.45. The molecule has 0 saturated carbocycles. The van der Waals surface area contributed by atoms with Crippen LogP contribution in [0.3, 0.4) is 0 Å². The average molecular weight is 274 g/mol. The van der Waals surface area contributed by atoms with E-state index in [9.17, 15) is 0 Å². The molecule has 1 aliphatic heterocycles. The zero-order valence-electron chi connectivity index (χ0n) is 13.4. The van der Waals surface area contributed by atoms with E-state index in [0.717, 1.165) is 6.54 Å². The molecule has 1 atom stereocenters. The van der Waals surface area contributed by atoms with E-state index < -0.39 is 0 Å². The lowest BCUT2D eigenvalue weighted by Gasteiger charge is -2.32. The molecule has 1 unspecified atom stereocenters. The Balaban J connectivity index is 1.78. The van der Waals surface area contributed by atoms with Crippen molar-refractivity contribution in [3.63, 3.8) is 0 Å². The monoisotopic (exact) mass is 274 g/mol. The Morgan fingerprint density at radius 1 is 1.10 bits per heavy atom. The Kier molecular flexibility index (Phi) is 5.62. The molecule has 1 aromatic rings. The van der Waals surface area contributed by atoms with Gasteiger partial charge in [-0.15, -0.1) is 0 Å². The van der Waals surface area contributed by atoms with Crippen LogP contribution in [0.1, 0.15) is 45.6 Å². The second-order valence-corrected chi connectivity index (χ2v) is 6.89. The first-order valence-corrected chi connectivity index (χ1v) is 8.09. The van der Waals surface area contributed by atoms with E-state index in [0.29, 0.717) is 6.04 Å². The van der Waals surface area contributed by atoms with Gasteiger partial charge in [0.25, 0.3) is 0 Å². The summed E-state index contributed by atoms with van der Waals surface area (Å²) in [6.07, 6.45) is 4.17. The molecule has 0 aromatic heterocycles. The molecule has 0 amide bonds. The molecule has 1 N–H and O–H groups in total. The van der Waals surface area contributed by atoms with Crippen molar-refractivity contribution in [2.75, 3.05) is 26.2 Å². The van der Waals surface area contributed by atoms with Gasteiger partial charge in [0.05, 0.1) is 0 Å². The normalized spacial score (nSPS) is 18.9. The zero-order valence-corrected chi connectivity index (χ0v) is 13.4. The molecule has 0 aliphatic carbocycles. The first kappa shape index (κ1) is 15.5. The van der Waals surface area contributed by atoms with Crippen LogP contribution >= 0.6 is 0 Å². The summed E-state index contributed by atoms with van der Waals surface area (Å²) in [6.45, 7) is 11.8. The van der Waals surface area contributed by atoms with Crippen molar-refractivity contribution >= 4 is 0 Å². The van der Waals surface area contributed by atoms with Crippen LogP contribution in [0.2, 0.25) is 0 Å². The third kappa shape index (κ3) is 4.60. The number of hydrogen-bond donors (Lipinski definition) is 1. The molecule has 2 rings (SSSR count). The van der Waals surface area contributed by atoms with Gasteiger partial charge in [0, 0.05) is 24.5 Å². The van der Waals surface area contributed by atoms with E-state index >= 15 is 0 Å². The van der Waals surface area contributed by atoms with E-state index in [-0.39, 0.29) is 5.41 Å². The maximum Gasteiger partial charge on any atom is 0.0167 e. The topological polar surface area (TPSA) is 15.3 Å². The molecule has 2 nitrogen and oxygen atoms in total. The van der Waals surface area contributed by atoms with Gasteiger partial charge in [0.15, 0.2) is 0 Å². The molecule has 20 heavy (non-hydrogen) atoms. The molecule has 1 aliphatic rings. The van der Waals surface area contributed by atoms with Crippen LogP contribution in [-0.4, -0.2) is 37.1 Å². The lowest BCUT2D eigenvalue weighted by molar-refractivity contribution is 0.206. The van der Waals surface area contributed by atoms with Gasteiger partial charge in [-0.3, -0.25) is 0 Å².